The van der Waals surface area contributed by atoms with Gasteiger partial charge in [0.15, 0.2) is 6.54 Å². The Labute approximate surface area is 114 Å². The number of hydrogen-bond acceptors (Lipinski definition) is 3. The summed E-state index contributed by atoms with van der Waals surface area (Å²) < 4.78 is 5.61. The van der Waals surface area contributed by atoms with E-state index in [1.165, 1.54) is 0 Å². The minimum Gasteiger partial charge on any atom is -0.364 e. The monoisotopic (exact) mass is 272 g/mol. The summed E-state index contributed by atoms with van der Waals surface area (Å²) in [5.74, 6) is -0.231. The van der Waals surface area contributed by atoms with Crippen LogP contribution >= 0.6 is 0 Å². The first-order valence-electron chi connectivity index (χ1n) is 7.08. The minimum absolute atomic E-state index is 0.157. The molecule has 6 nitrogen and oxygen atoms in total. The minimum atomic E-state index is -0.396. The number of carbonyl (C=O) groups excluding carboxylic acids is 2. The molecule has 1 heterocycles. The molecule has 1 rings (SSSR count). The first-order valence-corrected chi connectivity index (χ1v) is 7.08. The molecule has 0 radical (unpaired) electrons. The van der Waals surface area contributed by atoms with E-state index in [2.05, 4.69) is 17.6 Å². The van der Waals surface area contributed by atoms with Gasteiger partial charge in [-0.3, -0.25) is 10.1 Å². The van der Waals surface area contributed by atoms with Gasteiger partial charge in [0, 0.05) is 6.54 Å². The lowest BCUT2D eigenvalue weighted by molar-refractivity contribution is -0.907. The summed E-state index contributed by atoms with van der Waals surface area (Å²) in [5.41, 5.74) is 0. The van der Waals surface area contributed by atoms with Gasteiger partial charge in [0.05, 0.1) is 0 Å². The number of quaternary nitrogens is 1. The third-order valence-electron chi connectivity index (χ3n) is 3.10. The van der Waals surface area contributed by atoms with Gasteiger partial charge in [-0.05, 0) is 20.3 Å². The van der Waals surface area contributed by atoms with Crippen molar-refractivity contribution >= 4 is 11.9 Å². The summed E-state index contributed by atoms with van der Waals surface area (Å²) >= 11 is 0. The Hall–Kier alpha value is -1.14. The summed E-state index contributed by atoms with van der Waals surface area (Å²) in [4.78, 5) is 24.3. The normalized spacial score (nSPS) is 26.8. The number of amides is 3. The van der Waals surface area contributed by atoms with E-state index in [9.17, 15) is 9.59 Å². The fraction of sp³-hybridized carbons (Fsp3) is 0.846. The Morgan fingerprint density at radius 2 is 1.89 bits per heavy atom. The number of morpholine rings is 1. The summed E-state index contributed by atoms with van der Waals surface area (Å²) in [6, 6.07) is -0.396. The topological polar surface area (TPSA) is 71.9 Å². The lowest BCUT2D eigenvalue weighted by Crippen LogP contribution is -3.16. The van der Waals surface area contributed by atoms with Crippen LogP contribution in [0.4, 0.5) is 4.79 Å². The van der Waals surface area contributed by atoms with Gasteiger partial charge in [0.1, 0.15) is 25.3 Å². The lowest BCUT2D eigenvalue weighted by atomic mass is 10.2. The maximum absolute atomic E-state index is 11.7. The molecule has 1 saturated heterocycles. The van der Waals surface area contributed by atoms with Crippen molar-refractivity contribution in [2.75, 3.05) is 26.2 Å². The molecule has 1 fully saturated rings. The molecule has 0 saturated carbocycles. The van der Waals surface area contributed by atoms with Gasteiger partial charge < -0.3 is 15.0 Å². The molecule has 19 heavy (non-hydrogen) atoms. The maximum atomic E-state index is 11.7. The molecule has 1 aliphatic rings. The van der Waals surface area contributed by atoms with Crippen LogP contribution < -0.4 is 15.5 Å². The zero-order valence-corrected chi connectivity index (χ0v) is 12.1. The smallest absolute Gasteiger partial charge is 0.321 e. The van der Waals surface area contributed by atoms with Crippen LogP contribution in [-0.2, 0) is 9.53 Å². The number of ether oxygens (including phenoxy) is 1. The van der Waals surface area contributed by atoms with E-state index in [0.717, 1.165) is 30.8 Å². The number of hydrogen-bond donors (Lipinski definition) is 3. The Kier molecular flexibility index (Phi) is 6.80. The zero-order valence-electron chi connectivity index (χ0n) is 12.1. The number of imide groups is 1. The predicted molar refractivity (Wildman–Crippen MR) is 72.0 cm³/mol. The van der Waals surface area contributed by atoms with Crippen molar-refractivity contribution in [3.63, 3.8) is 0 Å². The highest BCUT2D eigenvalue weighted by atomic mass is 16.5. The standard InChI is InChI=1S/C13H25N3O3/c1-4-5-6-14-13(18)15-12(17)9-16-7-10(2)19-11(3)8-16/h10-11H,4-9H2,1-3H3,(H2,14,15,17,18)/p+1/t10-,11-/m0/s1. The molecule has 0 unspecified atom stereocenters. The van der Waals surface area contributed by atoms with Gasteiger partial charge in [-0.15, -0.1) is 0 Å². The number of carbonyl (C=O) groups is 2. The highest BCUT2D eigenvalue weighted by Crippen LogP contribution is 1.97. The second-order valence-corrected chi connectivity index (χ2v) is 5.25. The molecule has 3 amide bonds. The Bertz CT molecular complexity index is 300. The fourth-order valence-corrected chi connectivity index (χ4v) is 2.35. The van der Waals surface area contributed by atoms with Crippen LogP contribution in [0.2, 0.25) is 0 Å². The predicted octanol–water partition coefficient (Wildman–Crippen LogP) is -0.696. The highest BCUT2D eigenvalue weighted by molar-refractivity contribution is 5.94. The number of rotatable bonds is 5. The molecule has 1 aliphatic heterocycles. The van der Waals surface area contributed by atoms with Crippen LogP contribution in [0.5, 0.6) is 0 Å². The largest absolute Gasteiger partial charge is 0.364 e. The van der Waals surface area contributed by atoms with Gasteiger partial charge in [-0.1, -0.05) is 13.3 Å². The quantitative estimate of drug-likeness (QED) is 0.580. The third-order valence-corrected chi connectivity index (χ3v) is 3.10. The van der Waals surface area contributed by atoms with E-state index in [-0.39, 0.29) is 18.1 Å². The summed E-state index contributed by atoms with van der Waals surface area (Å²) in [6.07, 6.45) is 2.25. The van der Waals surface area contributed by atoms with Crippen molar-refractivity contribution in [2.45, 2.75) is 45.8 Å². The van der Waals surface area contributed by atoms with Crippen LogP contribution in [0.25, 0.3) is 0 Å². The average molecular weight is 272 g/mol. The maximum Gasteiger partial charge on any atom is 0.321 e. The molecule has 110 valence electrons. The van der Waals surface area contributed by atoms with Crippen LogP contribution in [0.3, 0.4) is 0 Å². The molecule has 2 atom stereocenters. The lowest BCUT2D eigenvalue weighted by Gasteiger charge is -2.31. The first-order chi connectivity index (χ1) is 9.01. The molecule has 0 aliphatic carbocycles. The van der Waals surface area contributed by atoms with Crippen molar-refractivity contribution in [2.24, 2.45) is 0 Å². The van der Waals surface area contributed by atoms with Crippen molar-refractivity contribution < 1.29 is 19.2 Å². The Morgan fingerprint density at radius 3 is 2.47 bits per heavy atom. The van der Waals surface area contributed by atoms with Crippen LogP contribution in [0.1, 0.15) is 33.6 Å². The molecular formula is C13H26N3O3+. The number of unbranched alkanes of at least 4 members (excludes halogenated alkanes) is 1. The van der Waals surface area contributed by atoms with Gasteiger partial charge >= 0.3 is 6.03 Å². The van der Waals surface area contributed by atoms with Crippen molar-refractivity contribution in [1.82, 2.24) is 10.6 Å². The molecule has 0 spiro atoms. The second kappa shape index (κ2) is 8.12. The molecule has 0 aromatic carbocycles. The van der Waals surface area contributed by atoms with E-state index < -0.39 is 6.03 Å². The molecule has 0 bridgehead atoms. The van der Waals surface area contributed by atoms with Gasteiger partial charge in [0.25, 0.3) is 5.91 Å². The van der Waals surface area contributed by atoms with E-state index in [4.69, 9.17) is 4.74 Å². The zero-order chi connectivity index (χ0) is 14.3. The molecule has 0 aromatic heterocycles. The van der Waals surface area contributed by atoms with Crippen LogP contribution in [0.15, 0.2) is 0 Å². The SMILES string of the molecule is CCCCNC(=O)NC(=O)C[NH+]1C[C@H](C)O[C@@H](C)C1. The van der Waals surface area contributed by atoms with Crippen molar-refractivity contribution in [1.29, 1.82) is 0 Å². The third kappa shape index (κ3) is 6.54. The van der Waals surface area contributed by atoms with Gasteiger partial charge in [-0.25, -0.2) is 4.79 Å². The molecule has 6 heteroatoms. The van der Waals surface area contributed by atoms with Gasteiger partial charge in [-0.2, -0.15) is 0 Å². The molecule has 0 aromatic rings. The first kappa shape index (κ1) is 15.9. The van der Waals surface area contributed by atoms with Crippen molar-refractivity contribution in [3.05, 3.63) is 0 Å². The van der Waals surface area contributed by atoms with E-state index >= 15 is 0 Å². The molecular weight excluding hydrogens is 246 g/mol. The molecule has 3 N–H and O–H groups in total. The van der Waals surface area contributed by atoms with E-state index in [0.29, 0.717) is 13.1 Å². The summed E-state index contributed by atoms with van der Waals surface area (Å²) in [6.45, 7) is 8.59. The van der Waals surface area contributed by atoms with Crippen LogP contribution in [0, 0.1) is 0 Å². The Morgan fingerprint density at radius 1 is 1.26 bits per heavy atom. The highest BCUT2D eigenvalue weighted by Gasteiger charge is 2.27. The average Bonchev–Trinajstić information content (AvgIpc) is 2.27. The number of nitrogens with one attached hydrogen (secondary N) is 3. The summed E-state index contributed by atoms with van der Waals surface area (Å²) in [5, 5.41) is 5.03. The Balaban J connectivity index is 2.24. The van der Waals surface area contributed by atoms with E-state index in [1.54, 1.807) is 0 Å². The van der Waals surface area contributed by atoms with Crippen LogP contribution in [-0.4, -0.2) is 50.3 Å². The second-order valence-electron chi connectivity index (χ2n) is 5.25. The number of urea groups is 1. The fourth-order valence-electron chi connectivity index (χ4n) is 2.35. The van der Waals surface area contributed by atoms with E-state index in [1.807, 2.05) is 13.8 Å². The summed E-state index contributed by atoms with van der Waals surface area (Å²) in [7, 11) is 0. The van der Waals surface area contributed by atoms with Gasteiger partial charge in [0.2, 0.25) is 0 Å². The van der Waals surface area contributed by atoms with Crippen molar-refractivity contribution in [3.8, 4) is 0 Å².